The van der Waals surface area contributed by atoms with E-state index >= 15 is 0 Å². The molecule has 26 heavy (non-hydrogen) atoms. The molecule has 1 saturated heterocycles. The fraction of sp³-hybridized carbons (Fsp3) is 0.571. The van der Waals surface area contributed by atoms with Gasteiger partial charge in [0, 0.05) is 50.3 Å². The van der Waals surface area contributed by atoms with Crippen LogP contribution in [0.4, 0.5) is 4.39 Å². The van der Waals surface area contributed by atoms with Crippen LogP contribution in [0.5, 0.6) is 0 Å². The maximum atomic E-state index is 14.0. The van der Waals surface area contributed by atoms with Gasteiger partial charge in [-0.15, -0.1) is 0 Å². The minimum absolute atomic E-state index is 0.237. The Hall–Kier alpha value is -1.56. The molecule has 2 heterocycles. The molecule has 1 aromatic heterocycles. The van der Waals surface area contributed by atoms with Gasteiger partial charge in [-0.25, -0.2) is 9.37 Å². The van der Waals surface area contributed by atoms with Crippen LogP contribution in [0.15, 0.2) is 30.3 Å². The molecule has 2 aromatic rings. The highest BCUT2D eigenvalue weighted by Crippen LogP contribution is 2.28. The van der Waals surface area contributed by atoms with Crippen molar-refractivity contribution in [3.05, 3.63) is 41.8 Å². The van der Waals surface area contributed by atoms with Crippen molar-refractivity contribution in [1.82, 2.24) is 14.8 Å². The summed E-state index contributed by atoms with van der Waals surface area (Å²) in [4.78, 5) is 9.59. The Bertz CT molecular complexity index is 747. The van der Waals surface area contributed by atoms with Gasteiger partial charge in [0.25, 0.3) is 0 Å². The molecule has 0 unspecified atom stereocenters. The second-order valence-electron chi connectivity index (χ2n) is 7.69. The molecule has 2 aliphatic rings. The average molecular weight is 357 g/mol. The number of hydrogen-bond acceptors (Lipinski definition) is 4. The van der Waals surface area contributed by atoms with E-state index in [9.17, 15) is 9.50 Å². The Kier molecular flexibility index (Phi) is 5.48. The number of aromatic nitrogens is 1. The molecular formula is C21H28FN3O. The maximum absolute atomic E-state index is 14.0. The summed E-state index contributed by atoms with van der Waals surface area (Å²) in [5.41, 5.74) is 1.38. The number of para-hydroxylation sites is 1. The molecular weight excluding hydrogens is 329 g/mol. The smallest absolute Gasteiger partial charge is 0.149 e. The van der Waals surface area contributed by atoms with Crippen LogP contribution < -0.4 is 0 Å². The van der Waals surface area contributed by atoms with Crippen LogP contribution in [0.1, 0.15) is 37.8 Å². The van der Waals surface area contributed by atoms with Crippen LogP contribution in [-0.2, 0) is 6.54 Å². The number of piperazine rings is 1. The summed E-state index contributed by atoms with van der Waals surface area (Å²) < 4.78 is 14.0. The van der Waals surface area contributed by atoms with Gasteiger partial charge in [-0.2, -0.15) is 0 Å². The molecule has 1 atom stereocenters. The Labute approximate surface area is 154 Å². The van der Waals surface area contributed by atoms with Crippen LogP contribution in [0.3, 0.4) is 0 Å². The number of hydrogen-bond donors (Lipinski definition) is 1. The lowest BCUT2D eigenvalue weighted by atomic mass is 10.0. The van der Waals surface area contributed by atoms with E-state index in [1.54, 1.807) is 6.07 Å². The Morgan fingerprint density at radius 3 is 2.77 bits per heavy atom. The molecule has 1 N–H and O–H groups in total. The summed E-state index contributed by atoms with van der Waals surface area (Å²) in [6.45, 7) is 3.99. The lowest BCUT2D eigenvalue weighted by molar-refractivity contribution is 0.0263. The van der Waals surface area contributed by atoms with Crippen molar-refractivity contribution < 1.29 is 9.50 Å². The molecule has 0 bridgehead atoms. The van der Waals surface area contributed by atoms with Crippen molar-refractivity contribution in [2.45, 2.75) is 50.7 Å². The molecule has 0 amide bonds. The van der Waals surface area contributed by atoms with Gasteiger partial charge in [0.2, 0.25) is 0 Å². The molecule has 4 nitrogen and oxygen atoms in total. The van der Waals surface area contributed by atoms with Crippen molar-refractivity contribution in [3.63, 3.8) is 0 Å². The SMILES string of the molecule is OCC[C@H]1CN(Cc2ccc3cccc(F)c3n2)CCN1C1CCCC1. The molecule has 5 heteroatoms. The van der Waals surface area contributed by atoms with Gasteiger partial charge in [-0.3, -0.25) is 9.80 Å². The average Bonchev–Trinajstić information content (AvgIpc) is 3.17. The zero-order chi connectivity index (χ0) is 17.9. The van der Waals surface area contributed by atoms with E-state index in [4.69, 9.17) is 0 Å². The topological polar surface area (TPSA) is 39.6 Å². The van der Waals surface area contributed by atoms with Gasteiger partial charge in [0.05, 0.1) is 5.69 Å². The molecule has 2 fully saturated rings. The fourth-order valence-electron chi connectivity index (χ4n) is 4.67. The minimum Gasteiger partial charge on any atom is -0.396 e. The first-order valence-electron chi connectivity index (χ1n) is 9.87. The van der Waals surface area contributed by atoms with Gasteiger partial charge in [0.15, 0.2) is 0 Å². The van der Waals surface area contributed by atoms with Crippen LogP contribution in [0.2, 0.25) is 0 Å². The molecule has 1 aliphatic heterocycles. The quantitative estimate of drug-likeness (QED) is 0.892. The Morgan fingerprint density at radius 1 is 1.12 bits per heavy atom. The summed E-state index contributed by atoms with van der Waals surface area (Å²) in [6, 6.07) is 10.2. The number of pyridine rings is 1. The van der Waals surface area contributed by atoms with E-state index in [-0.39, 0.29) is 12.4 Å². The third-order valence-electron chi connectivity index (χ3n) is 5.98. The number of aliphatic hydroxyl groups excluding tert-OH is 1. The lowest BCUT2D eigenvalue weighted by Gasteiger charge is -2.44. The van der Waals surface area contributed by atoms with Gasteiger partial charge in [-0.05, 0) is 31.4 Å². The van der Waals surface area contributed by atoms with E-state index in [0.717, 1.165) is 43.7 Å². The largest absolute Gasteiger partial charge is 0.396 e. The first-order valence-corrected chi connectivity index (χ1v) is 9.87. The lowest BCUT2D eigenvalue weighted by Crippen LogP contribution is -2.56. The first-order chi connectivity index (χ1) is 12.7. The van der Waals surface area contributed by atoms with Crippen LogP contribution in [0, 0.1) is 5.82 Å². The summed E-state index contributed by atoms with van der Waals surface area (Å²) in [6.07, 6.45) is 6.10. The first kappa shape index (κ1) is 17.8. The van der Waals surface area contributed by atoms with Crippen molar-refractivity contribution in [3.8, 4) is 0 Å². The Morgan fingerprint density at radius 2 is 1.96 bits per heavy atom. The van der Waals surface area contributed by atoms with Crippen LogP contribution in [0.25, 0.3) is 10.9 Å². The summed E-state index contributed by atoms with van der Waals surface area (Å²) >= 11 is 0. The van der Waals surface area contributed by atoms with E-state index in [0.29, 0.717) is 17.6 Å². The van der Waals surface area contributed by atoms with E-state index in [2.05, 4.69) is 14.8 Å². The van der Waals surface area contributed by atoms with Gasteiger partial charge in [0.1, 0.15) is 11.3 Å². The zero-order valence-corrected chi connectivity index (χ0v) is 15.3. The van der Waals surface area contributed by atoms with E-state index in [1.807, 2.05) is 18.2 Å². The van der Waals surface area contributed by atoms with E-state index < -0.39 is 0 Å². The van der Waals surface area contributed by atoms with Crippen LogP contribution in [-0.4, -0.2) is 58.2 Å². The molecule has 1 aromatic carbocycles. The molecule has 140 valence electrons. The molecule has 1 aliphatic carbocycles. The molecule has 1 saturated carbocycles. The van der Waals surface area contributed by atoms with Gasteiger partial charge < -0.3 is 5.11 Å². The molecule has 0 radical (unpaired) electrons. The monoisotopic (exact) mass is 357 g/mol. The third-order valence-corrected chi connectivity index (χ3v) is 5.98. The summed E-state index contributed by atoms with van der Waals surface area (Å²) in [7, 11) is 0. The maximum Gasteiger partial charge on any atom is 0.149 e. The normalized spacial score (nSPS) is 23.1. The van der Waals surface area contributed by atoms with Crippen LogP contribution >= 0.6 is 0 Å². The van der Waals surface area contributed by atoms with Crippen molar-refractivity contribution in [2.24, 2.45) is 0 Å². The Balaban J connectivity index is 1.46. The van der Waals surface area contributed by atoms with Crippen molar-refractivity contribution in [2.75, 3.05) is 26.2 Å². The predicted molar refractivity (Wildman–Crippen MR) is 101 cm³/mol. The minimum atomic E-state index is -0.256. The van der Waals surface area contributed by atoms with Gasteiger partial charge >= 0.3 is 0 Å². The highest BCUT2D eigenvalue weighted by Gasteiger charge is 2.33. The molecule has 0 spiro atoms. The van der Waals surface area contributed by atoms with Crippen molar-refractivity contribution in [1.29, 1.82) is 0 Å². The number of nitrogens with zero attached hydrogens (tertiary/aromatic N) is 3. The summed E-state index contributed by atoms with van der Waals surface area (Å²) in [5, 5.41) is 10.4. The number of aliphatic hydroxyl groups is 1. The standard InChI is InChI=1S/C21H28FN3O/c22-20-7-3-4-16-8-9-17(23-21(16)20)14-24-11-12-25(18-5-1-2-6-18)19(15-24)10-13-26/h3-4,7-9,18-19,26H,1-2,5-6,10-15H2/t19-/m0/s1. The molecule has 4 rings (SSSR count). The number of fused-ring (bicyclic) bond motifs is 1. The predicted octanol–water partition coefficient (Wildman–Crippen LogP) is 3.19. The second-order valence-corrected chi connectivity index (χ2v) is 7.69. The number of rotatable bonds is 5. The highest BCUT2D eigenvalue weighted by molar-refractivity contribution is 5.79. The highest BCUT2D eigenvalue weighted by atomic mass is 19.1. The third kappa shape index (κ3) is 3.75. The zero-order valence-electron chi connectivity index (χ0n) is 15.3. The fourth-order valence-corrected chi connectivity index (χ4v) is 4.67. The number of halogens is 1. The summed E-state index contributed by atoms with van der Waals surface area (Å²) in [5.74, 6) is -0.256. The van der Waals surface area contributed by atoms with E-state index in [1.165, 1.54) is 31.7 Å². The number of benzene rings is 1. The second kappa shape index (κ2) is 7.99. The van der Waals surface area contributed by atoms with Crippen molar-refractivity contribution >= 4 is 10.9 Å². The van der Waals surface area contributed by atoms with Gasteiger partial charge in [-0.1, -0.05) is 31.0 Å².